The van der Waals surface area contributed by atoms with Gasteiger partial charge in [-0.25, -0.2) is 9.59 Å². The lowest BCUT2D eigenvalue weighted by atomic mass is 10.0. The Kier molecular flexibility index (Phi) is 2.66. The van der Waals surface area contributed by atoms with Gasteiger partial charge in [0.25, 0.3) is 0 Å². The number of fused-ring (bicyclic) bond motifs is 2. The van der Waals surface area contributed by atoms with E-state index >= 15 is 0 Å². The van der Waals surface area contributed by atoms with E-state index in [0.717, 1.165) is 35.4 Å². The van der Waals surface area contributed by atoms with Gasteiger partial charge in [0.05, 0.1) is 18.2 Å². The first-order valence-corrected chi connectivity index (χ1v) is 7.40. The predicted molar refractivity (Wildman–Crippen MR) is 80.0 cm³/mol. The Labute approximate surface area is 127 Å². The molecule has 22 heavy (non-hydrogen) atoms. The van der Waals surface area contributed by atoms with Crippen molar-refractivity contribution in [2.45, 2.75) is 32.4 Å². The van der Waals surface area contributed by atoms with E-state index in [4.69, 9.17) is 0 Å². The van der Waals surface area contributed by atoms with Gasteiger partial charge in [0.2, 0.25) is 0 Å². The number of benzene rings is 1. The number of carboxylic acid groups (broad SMARTS) is 1. The van der Waals surface area contributed by atoms with Gasteiger partial charge in [-0.2, -0.15) is 0 Å². The summed E-state index contributed by atoms with van der Waals surface area (Å²) in [4.78, 5) is 25.7. The number of nitrogens with zero attached hydrogens (tertiary/aromatic N) is 2. The van der Waals surface area contributed by atoms with Crippen molar-refractivity contribution in [3.8, 4) is 0 Å². The van der Waals surface area contributed by atoms with E-state index in [1.807, 2.05) is 30.0 Å². The van der Waals surface area contributed by atoms with Crippen molar-refractivity contribution in [2.24, 2.45) is 0 Å². The first kappa shape index (κ1) is 13.1. The van der Waals surface area contributed by atoms with Crippen LogP contribution in [0.3, 0.4) is 0 Å². The average molecular weight is 296 g/mol. The lowest BCUT2D eigenvalue weighted by Gasteiger charge is -2.24. The lowest BCUT2D eigenvalue weighted by molar-refractivity contribution is 0.0696. The van der Waals surface area contributed by atoms with Crippen LogP contribution >= 0.6 is 0 Å². The topological polar surface area (TPSA) is 62.5 Å². The van der Waals surface area contributed by atoms with E-state index < -0.39 is 5.97 Å². The molecule has 1 aromatic heterocycles. The van der Waals surface area contributed by atoms with Gasteiger partial charge in [0, 0.05) is 11.4 Å². The van der Waals surface area contributed by atoms with Crippen molar-refractivity contribution in [2.75, 3.05) is 0 Å². The molecular weight excluding hydrogens is 280 g/mol. The number of carboxylic acids is 1. The molecule has 1 aromatic carbocycles. The first-order valence-electron chi connectivity index (χ1n) is 7.40. The third-order valence-electron chi connectivity index (χ3n) is 4.74. The highest BCUT2D eigenvalue weighted by atomic mass is 16.4. The molecular formula is C17H16N2O3. The first-order chi connectivity index (χ1) is 10.6. The molecule has 0 fully saturated rings. The van der Waals surface area contributed by atoms with Gasteiger partial charge >= 0.3 is 12.0 Å². The molecule has 0 saturated heterocycles. The Bertz CT molecular complexity index is 806. The molecule has 2 heterocycles. The van der Waals surface area contributed by atoms with E-state index in [1.54, 1.807) is 16.7 Å². The molecule has 1 aliphatic heterocycles. The van der Waals surface area contributed by atoms with Crippen LogP contribution < -0.4 is 0 Å². The second-order valence-electron chi connectivity index (χ2n) is 5.99. The van der Waals surface area contributed by atoms with Crippen LogP contribution in [0, 0.1) is 6.92 Å². The zero-order chi connectivity index (χ0) is 15.4. The molecule has 0 spiro atoms. The van der Waals surface area contributed by atoms with Crippen molar-refractivity contribution in [1.82, 2.24) is 9.47 Å². The molecule has 112 valence electrons. The lowest BCUT2D eigenvalue weighted by Crippen LogP contribution is -2.30. The Morgan fingerprint density at radius 2 is 2.09 bits per heavy atom. The molecule has 0 saturated carbocycles. The number of hydrogen-bond donors (Lipinski definition) is 1. The van der Waals surface area contributed by atoms with Crippen LogP contribution in [-0.4, -0.2) is 26.6 Å². The summed E-state index contributed by atoms with van der Waals surface area (Å²) in [6.07, 6.45) is 1.74. The smallest absolute Gasteiger partial charge is 0.335 e. The van der Waals surface area contributed by atoms with E-state index in [0.29, 0.717) is 6.54 Å². The molecule has 0 radical (unpaired) electrons. The minimum atomic E-state index is -0.927. The van der Waals surface area contributed by atoms with Gasteiger partial charge in [-0.1, -0.05) is 6.07 Å². The summed E-state index contributed by atoms with van der Waals surface area (Å²) in [6, 6.07) is 9.15. The van der Waals surface area contributed by atoms with Gasteiger partial charge in [0.15, 0.2) is 0 Å². The van der Waals surface area contributed by atoms with Crippen LogP contribution in [0.2, 0.25) is 0 Å². The van der Waals surface area contributed by atoms with Crippen molar-refractivity contribution in [3.05, 3.63) is 58.4 Å². The average Bonchev–Trinajstić information content (AvgIpc) is 3.14. The molecule has 5 heteroatoms. The van der Waals surface area contributed by atoms with Gasteiger partial charge < -0.3 is 10.0 Å². The fourth-order valence-electron chi connectivity index (χ4n) is 3.64. The zero-order valence-electron chi connectivity index (χ0n) is 12.2. The molecule has 1 atom stereocenters. The summed E-state index contributed by atoms with van der Waals surface area (Å²) in [6.45, 7) is 2.52. The van der Waals surface area contributed by atoms with Crippen LogP contribution in [0.25, 0.3) is 0 Å². The monoisotopic (exact) mass is 296 g/mol. The van der Waals surface area contributed by atoms with Crippen molar-refractivity contribution in [1.29, 1.82) is 0 Å². The Hall–Kier alpha value is -2.56. The van der Waals surface area contributed by atoms with Crippen LogP contribution in [0.15, 0.2) is 30.3 Å². The van der Waals surface area contributed by atoms with Gasteiger partial charge in [-0.05, 0) is 55.2 Å². The number of rotatable bonds is 2. The Morgan fingerprint density at radius 3 is 2.82 bits per heavy atom. The molecule has 2 aliphatic rings. The molecule has 1 aliphatic carbocycles. The second kappa shape index (κ2) is 4.47. The van der Waals surface area contributed by atoms with Crippen LogP contribution in [-0.2, 0) is 13.0 Å². The SMILES string of the molecule is Cc1ccc2n1C(=O)N([C@@H]1CCc3ccc(C(=O)O)cc31)C2. The largest absolute Gasteiger partial charge is 0.478 e. The van der Waals surface area contributed by atoms with Crippen molar-refractivity contribution in [3.63, 3.8) is 0 Å². The zero-order valence-corrected chi connectivity index (χ0v) is 12.2. The van der Waals surface area contributed by atoms with Crippen LogP contribution in [0.5, 0.6) is 0 Å². The fraction of sp³-hybridized carbons (Fsp3) is 0.294. The predicted octanol–water partition coefficient (Wildman–Crippen LogP) is 2.97. The van der Waals surface area contributed by atoms with Gasteiger partial charge in [-0.3, -0.25) is 4.57 Å². The maximum atomic E-state index is 12.7. The molecule has 4 rings (SSSR count). The third-order valence-corrected chi connectivity index (χ3v) is 4.74. The maximum absolute atomic E-state index is 12.7. The summed E-state index contributed by atoms with van der Waals surface area (Å²) in [5.74, 6) is -0.927. The standard InChI is InChI=1S/C17H16N2O3/c1-10-2-6-13-9-18(17(22)19(10)13)15-7-5-11-3-4-12(16(20)21)8-14(11)15/h2-4,6,8,15H,5,7,9H2,1H3,(H,20,21)/t15-/m1/s1. The number of carbonyl (C=O) groups excluding carboxylic acids is 1. The number of aryl methyl sites for hydroxylation is 2. The summed E-state index contributed by atoms with van der Waals surface area (Å²) in [7, 11) is 0. The molecule has 0 unspecified atom stereocenters. The molecule has 2 aromatic rings. The van der Waals surface area contributed by atoms with Gasteiger partial charge in [-0.15, -0.1) is 0 Å². The summed E-state index contributed by atoms with van der Waals surface area (Å²) < 4.78 is 1.75. The highest BCUT2D eigenvalue weighted by Gasteiger charge is 2.37. The Balaban J connectivity index is 1.72. The number of amides is 1. The minimum Gasteiger partial charge on any atom is -0.478 e. The highest BCUT2D eigenvalue weighted by molar-refractivity contribution is 5.88. The fourth-order valence-corrected chi connectivity index (χ4v) is 3.64. The van der Waals surface area contributed by atoms with E-state index in [-0.39, 0.29) is 17.6 Å². The quantitative estimate of drug-likeness (QED) is 0.926. The Morgan fingerprint density at radius 1 is 1.27 bits per heavy atom. The van der Waals surface area contributed by atoms with Crippen molar-refractivity contribution < 1.29 is 14.7 Å². The van der Waals surface area contributed by atoms with Gasteiger partial charge in [0.1, 0.15) is 0 Å². The molecule has 0 bridgehead atoms. The van der Waals surface area contributed by atoms with Crippen molar-refractivity contribution >= 4 is 12.0 Å². The number of aromatic nitrogens is 1. The maximum Gasteiger partial charge on any atom is 0.335 e. The summed E-state index contributed by atoms with van der Waals surface area (Å²) >= 11 is 0. The molecule has 5 nitrogen and oxygen atoms in total. The van der Waals surface area contributed by atoms with E-state index in [1.165, 1.54) is 0 Å². The normalized spacial score (nSPS) is 19.4. The summed E-state index contributed by atoms with van der Waals surface area (Å²) in [5, 5.41) is 9.18. The van der Waals surface area contributed by atoms with Crippen LogP contribution in [0.1, 0.15) is 45.3 Å². The molecule has 1 N–H and O–H groups in total. The second-order valence-corrected chi connectivity index (χ2v) is 5.99. The highest BCUT2D eigenvalue weighted by Crippen LogP contribution is 2.39. The third kappa shape index (κ3) is 1.71. The summed E-state index contributed by atoms with van der Waals surface area (Å²) in [5.41, 5.74) is 4.37. The van der Waals surface area contributed by atoms with E-state index in [2.05, 4.69) is 0 Å². The minimum absolute atomic E-state index is 0.00363. The van der Waals surface area contributed by atoms with Crippen LogP contribution in [0.4, 0.5) is 4.79 Å². The number of carbonyl (C=O) groups is 2. The number of hydrogen-bond acceptors (Lipinski definition) is 2. The number of aromatic carboxylic acids is 1. The van der Waals surface area contributed by atoms with E-state index in [9.17, 15) is 14.7 Å². The molecule has 1 amide bonds.